The largest absolute Gasteiger partial charge is 0.343 e. The van der Waals surface area contributed by atoms with Crippen LogP contribution in [0.2, 0.25) is 0 Å². The Morgan fingerprint density at radius 1 is 1.56 bits per heavy atom. The van der Waals surface area contributed by atoms with E-state index in [1.807, 2.05) is 35.9 Å². The monoisotopic (exact) mass is 307 g/mol. The molecule has 0 aliphatic carbocycles. The Hall–Kier alpha value is -1.62. The summed E-state index contributed by atoms with van der Waals surface area (Å²) in [6.45, 7) is 2.76. The molecule has 94 valence electrons. The van der Waals surface area contributed by atoms with Crippen LogP contribution >= 0.6 is 15.9 Å². The zero-order valence-corrected chi connectivity index (χ0v) is 11.9. The third-order valence-corrected chi connectivity index (χ3v) is 3.19. The summed E-state index contributed by atoms with van der Waals surface area (Å²) in [7, 11) is 1.75. The Morgan fingerprint density at radius 2 is 2.33 bits per heavy atom. The first-order valence-electron chi connectivity index (χ1n) is 5.67. The molecule has 0 fully saturated rings. The lowest BCUT2D eigenvalue weighted by Gasteiger charge is -2.17. The molecule has 0 unspecified atom stereocenters. The zero-order chi connectivity index (χ0) is 13.1. The van der Waals surface area contributed by atoms with Gasteiger partial charge in [0.25, 0.3) is 5.91 Å². The summed E-state index contributed by atoms with van der Waals surface area (Å²) < 4.78 is 2.83. The second kappa shape index (κ2) is 5.35. The molecule has 2 aromatic heterocycles. The van der Waals surface area contributed by atoms with E-state index in [0.29, 0.717) is 5.69 Å². The van der Waals surface area contributed by atoms with E-state index in [0.717, 1.165) is 16.7 Å². The highest BCUT2D eigenvalue weighted by Gasteiger charge is 2.17. The average molecular weight is 308 g/mol. The van der Waals surface area contributed by atoms with Gasteiger partial charge in [-0.3, -0.25) is 9.78 Å². The van der Waals surface area contributed by atoms with Gasteiger partial charge in [-0.25, -0.2) is 0 Å². The van der Waals surface area contributed by atoms with Crippen LogP contribution in [-0.4, -0.2) is 22.5 Å². The van der Waals surface area contributed by atoms with Crippen LogP contribution in [0, 0.1) is 0 Å². The first kappa shape index (κ1) is 12.8. The molecule has 0 aromatic carbocycles. The molecule has 18 heavy (non-hydrogen) atoms. The molecule has 0 saturated carbocycles. The maximum Gasteiger partial charge on any atom is 0.274 e. The normalized spacial score (nSPS) is 10.4. The first-order chi connectivity index (χ1) is 8.63. The number of hydrogen-bond acceptors (Lipinski definition) is 2. The van der Waals surface area contributed by atoms with E-state index in [2.05, 4.69) is 20.9 Å². The lowest BCUT2D eigenvalue weighted by molar-refractivity contribution is 0.0984. The summed E-state index contributed by atoms with van der Waals surface area (Å²) in [5, 5.41) is 0. The minimum atomic E-state index is -0.0458. The van der Waals surface area contributed by atoms with E-state index in [1.165, 1.54) is 0 Å². The van der Waals surface area contributed by atoms with Crippen LogP contribution in [0.3, 0.4) is 0 Å². The molecule has 0 spiro atoms. The zero-order valence-electron chi connectivity index (χ0n) is 10.3. The fourth-order valence-electron chi connectivity index (χ4n) is 1.76. The molecule has 0 N–H and O–H groups in total. The summed E-state index contributed by atoms with van der Waals surface area (Å²) in [5.74, 6) is -0.0458. The number of carbonyl (C=O) groups is 1. The molecule has 0 radical (unpaired) electrons. The molecular weight excluding hydrogens is 294 g/mol. The molecule has 4 nitrogen and oxygen atoms in total. The lowest BCUT2D eigenvalue weighted by atomic mass is 10.3. The van der Waals surface area contributed by atoms with E-state index in [4.69, 9.17) is 0 Å². The van der Waals surface area contributed by atoms with Crippen molar-refractivity contribution in [3.8, 4) is 0 Å². The standard InChI is InChI=1S/C13H14BrN3O/c1-3-17-9-10(14)7-12(17)13(18)16(2)11-5-4-6-15-8-11/h4-9H,3H2,1-2H3. The summed E-state index contributed by atoms with van der Waals surface area (Å²) in [6, 6.07) is 5.51. The Kier molecular flexibility index (Phi) is 3.81. The van der Waals surface area contributed by atoms with Crippen LogP contribution in [0.1, 0.15) is 17.4 Å². The molecule has 5 heteroatoms. The van der Waals surface area contributed by atoms with Gasteiger partial charge in [0, 0.05) is 30.5 Å². The van der Waals surface area contributed by atoms with Crippen LogP contribution in [0.5, 0.6) is 0 Å². The minimum Gasteiger partial charge on any atom is -0.343 e. The predicted octanol–water partition coefficient (Wildman–Crippen LogP) is 2.94. The smallest absolute Gasteiger partial charge is 0.274 e. The molecule has 0 aliphatic rings. The SMILES string of the molecule is CCn1cc(Br)cc1C(=O)N(C)c1cccnc1. The van der Waals surface area contributed by atoms with Crippen molar-refractivity contribution in [2.45, 2.75) is 13.5 Å². The minimum absolute atomic E-state index is 0.0458. The molecule has 1 amide bonds. The Labute approximate surface area is 114 Å². The highest BCUT2D eigenvalue weighted by Crippen LogP contribution is 2.19. The lowest BCUT2D eigenvalue weighted by Crippen LogP contribution is -2.28. The summed E-state index contributed by atoms with van der Waals surface area (Å²) in [6.07, 6.45) is 5.27. The van der Waals surface area contributed by atoms with Gasteiger partial charge in [-0.15, -0.1) is 0 Å². The number of carbonyl (C=O) groups excluding carboxylic acids is 1. The maximum absolute atomic E-state index is 12.4. The number of pyridine rings is 1. The summed E-state index contributed by atoms with van der Waals surface area (Å²) in [4.78, 5) is 18.0. The predicted molar refractivity (Wildman–Crippen MR) is 74.8 cm³/mol. The van der Waals surface area contributed by atoms with Crippen molar-refractivity contribution in [3.05, 3.63) is 47.0 Å². The topological polar surface area (TPSA) is 38.1 Å². The van der Waals surface area contributed by atoms with Gasteiger partial charge in [0.15, 0.2) is 0 Å². The Bertz CT molecular complexity index is 551. The molecule has 0 saturated heterocycles. The van der Waals surface area contributed by atoms with Crippen LogP contribution in [-0.2, 0) is 6.54 Å². The van der Waals surface area contributed by atoms with Crippen molar-refractivity contribution in [2.75, 3.05) is 11.9 Å². The van der Waals surface area contributed by atoms with Gasteiger partial charge >= 0.3 is 0 Å². The fourth-order valence-corrected chi connectivity index (χ4v) is 2.22. The van der Waals surface area contributed by atoms with Crippen LogP contribution in [0.15, 0.2) is 41.3 Å². The first-order valence-corrected chi connectivity index (χ1v) is 6.46. The third-order valence-electron chi connectivity index (χ3n) is 2.76. The van der Waals surface area contributed by atoms with E-state index < -0.39 is 0 Å². The second-order valence-corrected chi connectivity index (χ2v) is 4.82. The van der Waals surface area contributed by atoms with Gasteiger partial charge in [0.2, 0.25) is 0 Å². The fraction of sp³-hybridized carbons (Fsp3) is 0.231. The average Bonchev–Trinajstić information content (AvgIpc) is 2.79. The molecule has 2 heterocycles. The van der Waals surface area contributed by atoms with Crippen molar-refractivity contribution in [1.82, 2.24) is 9.55 Å². The highest BCUT2D eigenvalue weighted by atomic mass is 79.9. The molecule has 0 bridgehead atoms. The van der Waals surface area contributed by atoms with Crippen LogP contribution in [0.4, 0.5) is 5.69 Å². The summed E-state index contributed by atoms with van der Waals surface area (Å²) >= 11 is 3.39. The molecule has 2 aromatic rings. The van der Waals surface area contributed by atoms with E-state index in [-0.39, 0.29) is 5.91 Å². The highest BCUT2D eigenvalue weighted by molar-refractivity contribution is 9.10. The number of aryl methyl sites for hydroxylation is 1. The van der Waals surface area contributed by atoms with Gasteiger partial charge in [-0.05, 0) is 41.1 Å². The molecule has 0 atom stereocenters. The van der Waals surface area contributed by atoms with Crippen molar-refractivity contribution >= 4 is 27.5 Å². The van der Waals surface area contributed by atoms with Crippen molar-refractivity contribution in [1.29, 1.82) is 0 Å². The van der Waals surface area contributed by atoms with E-state index in [1.54, 1.807) is 24.3 Å². The Morgan fingerprint density at radius 3 is 2.94 bits per heavy atom. The number of hydrogen-bond donors (Lipinski definition) is 0. The summed E-state index contributed by atoms with van der Waals surface area (Å²) in [5.41, 5.74) is 1.44. The Balaban J connectivity index is 2.31. The number of anilines is 1. The number of nitrogens with zero attached hydrogens (tertiary/aromatic N) is 3. The van der Waals surface area contributed by atoms with E-state index >= 15 is 0 Å². The third kappa shape index (κ3) is 2.46. The van der Waals surface area contributed by atoms with Crippen molar-refractivity contribution in [2.24, 2.45) is 0 Å². The molecular formula is C13H14BrN3O. The quantitative estimate of drug-likeness (QED) is 0.874. The van der Waals surface area contributed by atoms with Gasteiger partial charge in [0.05, 0.1) is 11.9 Å². The van der Waals surface area contributed by atoms with E-state index in [9.17, 15) is 4.79 Å². The van der Waals surface area contributed by atoms with Crippen LogP contribution < -0.4 is 4.90 Å². The molecule has 2 rings (SSSR count). The van der Waals surface area contributed by atoms with Gasteiger partial charge in [-0.1, -0.05) is 0 Å². The van der Waals surface area contributed by atoms with Crippen molar-refractivity contribution in [3.63, 3.8) is 0 Å². The number of halogens is 1. The maximum atomic E-state index is 12.4. The molecule has 0 aliphatic heterocycles. The van der Waals surface area contributed by atoms with Gasteiger partial charge in [0.1, 0.15) is 5.69 Å². The van der Waals surface area contributed by atoms with Crippen LogP contribution in [0.25, 0.3) is 0 Å². The van der Waals surface area contributed by atoms with Gasteiger partial charge < -0.3 is 9.47 Å². The van der Waals surface area contributed by atoms with Crippen molar-refractivity contribution < 1.29 is 4.79 Å². The number of rotatable bonds is 3. The number of aromatic nitrogens is 2. The number of amides is 1. The second-order valence-electron chi connectivity index (χ2n) is 3.90. The van der Waals surface area contributed by atoms with Gasteiger partial charge in [-0.2, -0.15) is 0 Å².